The molecule has 48 heavy (non-hydrogen) atoms. The maximum atomic E-state index is 6.13. The molecule has 8 nitrogen and oxygen atoms in total. The largest absolute Gasteiger partial charge is 0.491 e. The molecule has 4 aromatic rings. The summed E-state index contributed by atoms with van der Waals surface area (Å²) in [5.41, 5.74) is 19.0. The first-order valence-corrected chi connectivity index (χ1v) is 18.7. The zero-order chi connectivity index (χ0) is 34.5. The zero-order valence-corrected chi connectivity index (χ0v) is 32.8. The quantitative estimate of drug-likeness (QED) is 0.152. The van der Waals surface area contributed by atoms with Gasteiger partial charge in [0.25, 0.3) is 0 Å². The van der Waals surface area contributed by atoms with Crippen molar-refractivity contribution in [2.24, 2.45) is 23.3 Å². The Balaban J connectivity index is 0.000000188. The van der Waals surface area contributed by atoms with Crippen molar-refractivity contribution in [3.05, 3.63) is 79.5 Å². The number of nitrogens with two attached hydrogens (primary N) is 2. The predicted molar refractivity (Wildman–Crippen MR) is 209 cm³/mol. The highest BCUT2D eigenvalue weighted by molar-refractivity contribution is 14.1. The Hall–Kier alpha value is -2.68. The van der Waals surface area contributed by atoms with Gasteiger partial charge >= 0.3 is 0 Å². The molecule has 2 aliphatic heterocycles. The number of aromatic nitrogens is 2. The molecule has 0 unspecified atom stereocenters. The van der Waals surface area contributed by atoms with Gasteiger partial charge in [-0.3, -0.25) is 9.97 Å². The number of halogens is 2. The number of ether oxygens (including phenoxy) is 4. The summed E-state index contributed by atoms with van der Waals surface area (Å²) in [6.45, 7) is 13.8. The van der Waals surface area contributed by atoms with Crippen molar-refractivity contribution in [2.45, 2.75) is 78.7 Å². The number of rotatable bonds is 10. The lowest BCUT2D eigenvalue weighted by Crippen LogP contribution is -2.29. The lowest BCUT2D eigenvalue weighted by Gasteiger charge is -2.27. The van der Waals surface area contributed by atoms with Crippen molar-refractivity contribution >= 4 is 45.2 Å². The maximum absolute atomic E-state index is 6.13. The molecular weight excluding hydrogens is 830 g/mol. The Morgan fingerprint density at radius 3 is 1.44 bits per heavy atom. The first kappa shape index (κ1) is 36.6. The second-order valence-corrected chi connectivity index (χ2v) is 15.7. The van der Waals surface area contributed by atoms with Gasteiger partial charge in [0.2, 0.25) is 0 Å². The van der Waals surface area contributed by atoms with Crippen molar-refractivity contribution in [1.82, 2.24) is 9.97 Å². The van der Waals surface area contributed by atoms with Crippen LogP contribution in [0.5, 0.6) is 23.0 Å². The molecule has 2 aliphatic rings. The van der Waals surface area contributed by atoms with E-state index in [1.54, 1.807) is 0 Å². The fourth-order valence-corrected chi connectivity index (χ4v) is 7.35. The predicted octanol–water partition coefficient (Wildman–Crippen LogP) is 9.12. The van der Waals surface area contributed by atoms with Crippen LogP contribution in [0.25, 0.3) is 22.3 Å². The van der Waals surface area contributed by atoms with Gasteiger partial charge in [-0.15, -0.1) is 0 Å². The normalized spacial score (nSPS) is 17.0. The molecule has 256 valence electrons. The van der Waals surface area contributed by atoms with Crippen molar-refractivity contribution in [1.29, 1.82) is 0 Å². The van der Waals surface area contributed by atoms with Gasteiger partial charge in [-0.05, 0) is 119 Å². The van der Waals surface area contributed by atoms with Crippen molar-refractivity contribution < 1.29 is 18.9 Å². The minimum Gasteiger partial charge on any atom is -0.491 e. The third kappa shape index (κ3) is 8.91. The van der Waals surface area contributed by atoms with Gasteiger partial charge < -0.3 is 30.4 Å². The van der Waals surface area contributed by atoms with Crippen LogP contribution in [0.3, 0.4) is 0 Å². The average Bonchev–Trinajstić information content (AvgIpc) is 3.04. The minimum absolute atomic E-state index is 0.0164. The highest BCUT2D eigenvalue weighted by Gasteiger charge is 2.26. The van der Waals surface area contributed by atoms with Crippen LogP contribution in [0.1, 0.15) is 77.7 Å². The fourth-order valence-electron chi connectivity index (χ4n) is 6.11. The number of benzene rings is 2. The molecule has 4 atom stereocenters. The zero-order valence-electron chi connectivity index (χ0n) is 28.5. The number of nitrogens with zero attached hydrogens (tertiary/aromatic N) is 2. The molecule has 4 N–H and O–H groups in total. The van der Waals surface area contributed by atoms with E-state index in [4.69, 9.17) is 30.4 Å². The summed E-state index contributed by atoms with van der Waals surface area (Å²) < 4.78 is 26.2. The molecule has 0 fully saturated rings. The van der Waals surface area contributed by atoms with Crippen molar-refractivity contribution in [3.8, 4) is 45.3 Å². The van der Waals surface area contributed by atoms with Crippen LogP contribution >= 0.6 is 45.2 Å². The number of fused-ring (bicyclic) bond motifs is 6. The molecule has 6 rings (SSSR count). The molecule has 0 spiro atoms. The van der Waals surface area contributed by atoms with Crippen LogP contribution in [0, 0.1) is 19.0 Å². The lowest BCUT2D eigenvalue weighted by atomic mass is 9.95. The maximum Gasteiger partial charge on any atom is 0.136 e. The topological polar surface area (TPSA) is 115 Å². The van der Waals surface area contributed by atoms with Crippen LogP contribution in [-0.2, 0) is 0 Å². The summed E-state index contributed by atoms with van der Waals surface area (Å²) in [4.78, 5) is 8.43. The Kier molecular flexibility index (Phi) is 12.5. The Bertz CT molecular complexity index is 1590. The molecule has 0 saturated heterocycles. The third-order valence-corrected chi connectivity index (χ3v) is 9.98. The molecule has 2 aromatic carbocycles. The van der Waals surface area contributed by atoms with E-state index in [1.165, 1.54) is 11.1 Å². The smallest absolute Gasteiger partial charge is 0.136 e. The van der Waals surface area contributed by atoms with Gasteiger partial charge in [-0.25, -0.2) is 0 Å². The second-order valence-electron chi connectivity index (χ2n) is 13.4. The van der Waals surface area contributed by atoms with E-state index in [9.17, 15) is 0 Å². The van der Waals surface area contributed by atoms with E-state index in [-0.39, 0.29) is 24.3 Å². The van der Waals surface area contributed by atoms with Crippen LogP contribution in [0.4, 0.5) is 0 Å². The summed E-state index contributed by atoms with van der Waals surface area (Å²) in [7, 11) is 0. The second kappa shape index (κ2) is 16.4. The lowest BCUT2D eigenvalue weighted by molar-refractivity contribution is 0.219. The van der Waals surface area contributed by atoms with E-state index in [2.05, 4.69) is 95.0 Å². The van der Waals surface area contributed by atoms with E-state index in [0.717, 1.165) is 65.2 Å². The summed E-state index contributed by atoms with van der Waals surface area (Å²) in [5, 5.41) is 0. The Labute approximate surface area is 312 Å². The summed E-state index contributed by atoms with van der Waals surface area (Å²) >= 11 is 4.61. The molecule has 0 aliphatic carbocycles. The molecule has 10 heteroatoms. The van der Waals surface area contributed by atoms with Gasteiger partial charge in [0.15, 0.2) is 0 Å². The third-order valence-electron chi connectivity index (χ3n) is 8.29. The Morgan fingerprint density at radius 2 is 1.06 bits per heavy atom. The molecule has 0 saturated carbocycles. The SMILES string of the molecule is CC(C)C[C@H](N)COc1cc2c(cc1I)-c1ccncc1[C@@H](C)O2.CC(C)C[C@H](N)COc1cc2c(cc1I)-c1ccncc1[C@H](C)O2. The number of hydrogen-bond acceptors (Lipinski definition) is 8. The molecule has 0 bridgehead atoms. The number of hydrogen-bond donors (Lipinski definition) is 2. The molecule has 0 amide bonds. The van der Waals surface area contributed by atoms with Gasteiger partial charge in [0.1, 0.15) is 48.4 Å². The minimum atomic E-state index is -0.0164. The number of pyridine rings is 2. The van der Waals surface area contributed by atoms with E-state index in [1.807, 2.05) is 62.9 Å². The average molecular weight is 877 g/mol. The summed E-state index contributed by atoms with van der Waals surface area (Å²) in [6.07, 6.45) is 9.28. The van der Waals surface area contributed by atoms with Crippen LogP contribution < -0.4 is 30.4 Å². The molecular formula is C38H46I2N4O4. The first-order chi connectivity index (χ1) is 22.9. The molecule has 4 heterocycles. The summed E-state index contributed by atoms with van der Waals surface area (Å²) in [5.74, 6) is 4.51. The monoisotopic (exact) mass is 876 g/mol. The van der Waals surface area contributed by atoms with Crippen LogP contribution in [0.2, 0.25) is 0 Å². The van der Waals surface area contributed by atoms with Gasteiger partial charge in [-0.1, -0.05) is 27.7 Å². The molecule has 2 aromatic heterocycles. The van der Waals surface area contributed by atoms with Gasteiger partial charge in [0.05, 0.1) is 7.14 Å². The van der Waals surface area contributed by atoms with E-state index in [0.29, 0.717) is 25.0 Å². The van der Waals surface area contributed by atoms with Crippen LogP contribution in [0.15, 0.2) is 61.2 Å². The van der Waals surface area contributed by atoms with Gasteiger partial charge in [0, 0.05) is 71.3 Å². The summed E-state index contributed by atoms with van der Waals surface area (Å²) in [6, 6.07) is 12.4. The van der Waals surface area contributed by atoms with E-state index < -0.39 is 0 Å². The van der Waals surface area contributed by atoms with Crippen LogP contribution in [-0.4, -0.2) is 35.3 Å². The molecule has 0 radical (unpaired) electrons. The Morgan fingerprint density at radius 1 is 0.667 bits per heavy atom. The van der Waals surface area contributed by atoms with Crippen molar-refractivity contribution in [3.63, 3.8) is 0 Å². The standard InChI is InChI=1S/2C19H23IN2O2/c2*1-11(2)6-13(21)10-23-19-8-18-15(7-17(19)20)14-4-5-22-9-16(14)12(3)24-18/h2*4-5,7-9,11-13H,6,10,21H2,1-3H3/t12-,13+;12-,13-/m10/s1. The fraction of sp³-hybridized carbons (Fsp3) is 0.421. The van der Waals surface area contributed by atoms with Crippen molar-refractivity contribution in [2.75, 3.05) is 13.2 Å². The van der Waals surface area contributed by atoms with E-state index >= 15 is 0 Å². The van der Waals surface area contributed by atoms with Gasteiger partial charge in [-0.2, -0.15) is 0 Å². The first-order valence-electron chi connectivity index (χ1n) is 16.6. The highest BCUT2D eigenvalue weighted by Crippen LogP contribution is 2.46. The highest BCUT2D eigenvalue weighted by atomic mass is 127.